The maximum Gasteiger partial charge on any atom is 0.300 e. The Morgan fingerprint density at radius 3 is 2.26 bits per heavy atom. The molecule has 1 atom stereocenters. The van der Waals surface area contributed by atoms with Crippen LogP contribution in [0.4, 0.5) is 5.69 Å². The summed E-state index contributed by atoms with van der Waals surface area (Å²) in [5, 5.41) is 13.6. The highest BCUT2D eigenvalue weighted by molar-refractivity contribution is 7.10. The van der Waals surface area contributed by atoms with Crippen LogP contribution >= 0.6 is 11.3 Å². The fraction of sp³-hybridized carbons (Fsp3) is 0.310. The van der Waals surface area contributed by atoms with E-state index < -0.39 is 17.7 Å². The molecule has 1 aromatic heterocycles. The molecule has 1 amide bonds. The minimum atomic E-state index is -0.707. The molecule has 2 heterocycles. The Kier molecular flexibility index (Phi) is 6.60. The smallest absolute Gasteiger partial charge is 0.300 e. The highest BCUT2D eigenvalue weighted by Gasteiger charge is 2.48. The van der Waals surface area contributed by atoms with Gasteiger partial charge in [0.25, 0.3) is 11.7 Å². The predicted molar refractivity (Wildman–Crippen MR) is 142 cm³/mol. The largest absolute Gasteiger partial charge is 0.507 e. The predicted octanol–water partition coefficient (Wildman–Crippen LogP) is 6.74. The lowest BCUT2D eigenvalue weighted by Crippen LogP contribution is -2.29. The van der Waals surface area contributed by atoms with E-state index >= 15 is 0 Å². The molecule has 0 spiro atoms. The van der Waals surface area contributed by atoms with Gasteiger partial charge in [0.1, 0.15) is 17.6 Å². The normalized spacial score (nSPS) is 17.5. The van der Waals surface area contributed by atoms with Gasteiger partial charge >= 0.3 is 0 Å². The first-order chi connectivity index (χ1) is 16.6. The van der Waals surface area contributed by atoms with E-state index in [-0.39, 0.29) is 17.3 Å². The molecule has 35 heavy (non-hydrogen) atoms. The molecule has 0 aliphatic carbocycles. The van der Waals surface area contributed by atoms with E-state index in [1.165, 1.54) is 16.2 Å². The molecule has 3 aromatic rings. The van der Waals surface area contributed by atoms with E-state index in [0.29, 0.717) is 11.3 Å². The number of Topliss-reactive ketones (excluding diaryl/α,β-unsaturated/α-hetero) is 1. The molecule has 0 saturated carbocycles. The van der Waals surface area contributed by atoms with E-state index in [1.54, 1.807) is 7.11 Å². The van der Waals surface area contributed by atoms with E-state index in [9.17, 15) is 14.7 Å². The fourth-order valence-electron chi connectivity index (χ4n) is 4.61. The minimum Gasteiger partial charge on any atom is -0.507 e. The Balaban J connectivity index is 1.99. The molecule has 1 unspecified atom stereocenters. The van der Waals surface area contributed by atoms with Gasteiger partial charge < -0.3 is 9.84 Å². The third-order valence-electron chi connectivity index (χ3n) is 6.82. The summed E-state index contributed by atoms with van der Waals surface area (Å²) in [5.74, 6) is -0.599. The zero-order valence-electron chi connectivity index (χ0n) is 21.2. The summed E-state index contributed by atoms with van der Waals surface area (Å²) in [6, 6.07) is 10.7. The van der Waals surface area contributed by atoms with Crippen molar-refractivity contribution in [3.63, 3.8) is 0 Å². The van der Waals surface area contributed by atoms with Gasteiger partial charge in [-0.05, 0) is 97.1 Å². The van der Waals surface area contributed by atoms with Crippen molar-refractivity contribution < 1.29 is 19.4 Å². The van der Waals surface area contributed by atoms with Crippen molar-refractivity contribution in [3.05, 3.63) is 85.6 Å². The summed E-state index contributed by atoms with van der Waals surface area (Å²) in [7, 11) is 1.62. The van der Waals surface area contributed by atoms with Crippen LogP contribution in [0.5, 0.6) is 5.75 Å². The van der Waals surface area contributed by atoms with Crippen molar-refractivity contribution >= 4 is 34.5 Å². The molecule has 4 rings (SSSR count). The van der Waals surface area contributed by atoms with Crippen molar-refractivity contribution in [2.24, 2.45) is 0 Å². The lowest BCUT2D eigenvalue weighted by Gasteiger charge is -2.26. The molecule has 5 nitrogen and oxygen atoms in total. The van der Waals surface area contributed by atoms with E-state index in [2.05, 4.69) is 0 Å². The maximum atomic E-state index is 13.5. The number of carbonyl (C=O) groups is 2. The molecule has 1 fully saturated rings. The van der Waals surface area contributed by atoms with Gasteiger partial charge in [-0.2, -0.15) is 0 Å². The third kappa shape index (κ3) is 4.16. The lowest BCUT2D eigenvalue weighted by atomic mass is 9.92. The minimum absolute atomic E-state index is 0.113. The number of benzene rings is 2. The average molecular weight is 490 g/mol. The van der Waals surface area contributed by atoms with Gasteiger partial charge in [0.2, 0.25) is 0 Å². The number of nitrogens with zero attached hydrogens (tertiary/aromatic N) is 1. The quantitative estimate of drug-likeness (QED) is 0.245. The molecule has 182 valence electrons. The van der Waals surface area contributed by atoms with Gasteiger partial charge in [0.15, 0.2) is 0 Å². The molecule has 0 bridgehead atoms. The van der Waals surface area contributed by atoms with Crippen LogP contribution in [-0.2, 0) is 9.59 Å². The number of ether oxygens (including phenoxy) is 1. The average Bonchev–Trinajstić information content (AvgIpc) is 3.35. The summed E-state index contributed by atoms with van der Waals surface area (Å²) in [6.45, 7) is 11.9. The first-order valence-electron chi connectivity index (χ1n) is 11.7. The van der Waals surface area contributed by atoms with Crippen molar-refractivity contribution in [2.45, 2.75) is 53.5 Å². The topological polar surface area (TPSA) is 66.8 Å². The van der Waals surface area contributed by atoms with Gasteiger partial charge in [0.05, 0.1) is 12.7 Å². The van der Waals surface area contributed by atoms with E-state index in [4.69, 9.17) is 4.74 Å². The van der Waals surface area contributed by atoms with Gasteiger partial charge in [-0.3, -0.25) is 14.5 Å². The number of aliphatic hydroxyl groups is 1. The number of aliphatic hydroxyl groups excluding tert-OH is 1. The van der Waals surface area contributed by atoms with Crippen LogP contribution in [-0.4, -0.2) is 23.9 Å². The van der Waals surface area contributed by atoms with Crippen molar-refractivity contribution in [3.8, 4) is 5.75 Å². The Labute approximate surface area is 210 Å². The molecule has 1 aliphatic heterocycles. The second-order valence-electron chi connectivity index (χ2n) is 9.47. The number of rotatable bonds is 5. The van der Waals surface area contributed by atoms with Gasteiger partial charge in [-0.15, -0.1) is 11.3 Å². The van der Waals surface area contributed by atoms with Crippen LogP contribution in [0.3, 0.4) is 0 Å². The van der Waals surface area contributed by atoms with Gasteiger partial charge in [0, 0.05) is 16.1 Å². The van der Waals surface area contributed by atoms with Gasteiger partial charge in [-0.1, -0.05) is 19.9 Å². The SMILES string of the molecule is COc1cc(C)c(/C(O)=C2\C(=O)C(=O)N(c3ccc(C)c(C)c3)C2c2sccc2C)cc1C(C)C. The second kappa shape index (κ2) is 9.34. The highest BCUT2D eigenvalue weighted by Crippen LogP contribution is 2.46. The monoisotopic (exact) mass is 489 g/mol. The van der Waals surface area contributed by atoms with Crippen molar-refractivity contribution in [2.75, 3.05) is 12.0 Å². The lowest BCUT2D eigenvalue weighted by molar-refractivity contribution is -0.132. The van der Waals surface area contributed by atoms with Crippen molar-refractivity contribution in [1.82, 2.24) is 0 Å². The molecule has 6 heteroatoms. The van der Waals surface area contributed by atoms with E-state index in [1.807, 2.05) is 83.3 Å². The molecular formula is C29H31NO4S. The number of aryl methyl sites for hydroxylation is 4. The Morgan fingerprint density at radius 2 is 1.69 bits per heavy atom. The van der Waals surface area contributed by atoms with Gasteiger partial charge in [-0.25, -0.2) is 0 Å². The number of hydrogen-bond acceptors (Lipinski definition) is 5. The van der Waals surface area contributed by atoms with Crippen LogP contribution in [0.2, 0.25) is 0 Å². The fourth-order valence-corrected chi connectivity index (χ4v) is 5.64. The van der Waals surface area contributed by atoms with E-state index in [0.717, 1.165) is 38.4 Å². The Hall–Kier alpha value is -3.38. The Bertz CT molecular complexity index is 1360. The third-order valence-corrected chi connectivity index (χ3v) is 7.89. The highest BCUT2D eigenvalue weighted by atomic mass is 32.1. The number of thiophene rings is 1. The standard InChI is InChI=1S/C29H31NO4S/c1-15(2)21-14-22(19(6)13-23(21)34-7)26(31)24-25(28-17(4)10-11-35-28)30(29(33)27(24)32)20-9-8-16(3)18(5)12-20/h8-15,25,31H,1-7H3/b26-24+. The maximum absolute atomic E-state index is 13.5. The number of anilines is 1. The first-order valence-corrected chi connectivity index (χ1v) is 12.6. The number of hydrogen-bond donors (Lipinski definition) is 1. The summed E-state index contributed by atoms with van der Waals surface area (Å²) in [5.41, 5.74) is 6.07. The van der Waals surface area contributed by atoms with Crippen LogP contribution in [0.15, 0.2) is 47.4 Å². The summed E-state index contributed by atoms with van der Waals surface area (Å²) < 4.78 is 5.55. The second-order valence-corrected chi connectivity index (χ2v) is 10.4. The number of methoxy groups -OCH3 is 1. The molecule has 0 radical (unpaired) electrons. The Morgan fingerprint density at radius 1 is 0.971 bits per heavy atom. The molecule has 1 N–H and O–H groups in total. The number of carbonyl (C=O) groups excluding carboxylic acids is 2. The number of amides is 1. The van der Waals surface area contributed by atoms with Crippen LogP contribution in [0, 0.1) is 27.7 Å². The summed E-state index contributed by atoms with van der Waals surface area (Å²) in [4.78, 5) is 29.3. The van der Waals surface area contributed by atoms with Crippen molar-refractivity contribution in [1.29, 1.82) is 0 Å². The summed E-state index contributed by atoms with van der Waals surface area (Å²) in [6.07, 6.45) is 0. The zero-order valence-corrected chi connectivity index (χ0v) is 22.0. The molecule has 1 saturated heterocycles. The zero-order chi connectivity index (χ0) is 25.6. The first kappa shape index (κ1) is 24.7. The van der Waals surface area contributed by atoms with Crippen LogP contribution in [0.1, 0.15) is 64.1 Å². The molecule has 1 aliphatic rings. The molecule has 2 aromatic carbocycles. The number of ketones is 1. The molecular weight excluding hydrogens is 458 g/mol. The van der Waals surface area contributed by atoms with Crippen LogP contribution in [0.25, 0.3) is 5.76 Å². The summed E-state index contributed by atoms with van der Waals surface area (Å²) >= 11 is 1.48. The van der Waals surface area contributed by atoms with Crippen LogP contribution < -0.4 is 9.64 Å².